The van der Waals surface area contributed by atoms with Crippen LogP contribution in [0.3, 0.4) is 0 Å². The Balaban J connectivity index is 1.49. The molecule has 2 heterocycles. The van der Waals surface area contributed by atoms with Gasteiger partial charge in [-0.15, -0.1) is 0 Å². The van der Waals surface area contributed by atoms with Crippen LogP contribution in [-0.2, 0) is 0 Å². The van der Waals surface area contributed by atoms with Crippen molar-refractivity contribution in [3.63, 3.8) is 0 Å². The van der Waals surface area contributed by atoms with E-state index >= 15 is 0 Å². The summed E-state index contributed by atoms with van der Waals surface area (Å²) in [5, 5.41) is 0. The van der Waals surface area contributed by atoms with E-state index in [1.165, 1.54) is 30.4 Å². The van der Waals surface area contributed by atoms with Crippen molar-refractivity contribution in [2.24, 2.45) is 33.9 Å². The monoisotopic (exact) mass is 378 g/mol. The van der Waals surface area contributed by atoms with Crippen LogP contribution >= 0.6 is 0 Å². The predicted octanol–water partition coefficient (Wildman–Crippen LogP) is 1.24. The molecule has 5 aliphatic rings. The van der Waals surface area contributed by atoms with E-state index in [4.69, 9.17) is 5.73 Å². The van der Waals surface area contributed by atoms with E-state index in [0.29, 0.717) is 17.6 Å². The first-order valence-electron chi connectivity index (χ1n) is 9.23. The summed E-state index contributed by atoms with van der Waals surface area (Å²) in [5.74, 6) is 2.73. The average molecular weight is 378 g/mol. The van der Waals surface area contributed by atoms with Crippen LogP contribution in [0.25, 0.3) is 0 Å². The van der Waals surface area contributed by atoms with E-state index in [-0.39, 0.29) is 0 Å². The molecule has 0 amide bonds. The Hall–Kier alpha value is -0.312. The second kappa shape index (κ2) is 5.89. The molecule has 0 radical (unpaired) electrons. The van der Waals surface area contributed by atoms with Gasteiger partial charge < -0.3 is 0 Å². The van der Waals surface area contributed by atoms with Gasteiger partial charge in [-0.05, 0) is 0 Å². The summed E-state index contributed by atoms with van der Waals surface area (Å²) in [5.41, 5.74) is 6.72. The first-order valence-corrected chi connectivity index (χ1v) is 10.4. The molecule has 3 saturated carbocycles. The molecule has 1 saturated heterocycles. The fourth-order valence-corrected chi connectivity index (χ4v) is 6.24. The summed E-state index contributed by atoms with van der Waals surface area (Å²) in [6.45, 7) is 8.31. The number of hydrogen-bond donors (Lipinski definition) is 1. The maximum absolute atomic E-state index is 6.15. The van der Waals surface area contributed by atoms with Crippen molar-refractivity contribution in [1.29, 1.82) is 0 Å². The molecule has 128 valence electrons. The van der Waals surface area contributed by atoms with Gasteiger partial charge in [0.2, 0.25) is 0 Å². The summed E-state index contributed by atoms with van der Waals surface area (Å²) < 4.78 is 1.24. The zero-order chi connectivity index (χ0) is 16.2. The quantitative estimate of drug-likeness (QED) is 0.752. The normalized spacial score (nSPS) is 42.5. The van der Waals surface area contributed by atoms with E-state index in [9.17, 15) is 0 Å². The van der Waals surface area contributed by atoms with E-state index in [2.05, 4.69) is 34.7 Å². The Morgan fingerprint density at radius 1 is 1.35 bits per heavy atom. The fraction of sp³-hybridized carbons (Fsp3) is 0.833. The Morgan fingerprint density at radius 3 is 2.83 bits per heavy atom. The van der Waals surface area contributed by atoms with Crippen molar-refractivity contribution in [1.82, 2.24) is 9.80 Å². The van der Waals surface area contributed by atoms with E-state index < -0.39 is 0 Å². The van der Waals surface area contributed by atoms with Gasteiger partial charge in [-0.1, -0.05) is 0 Å². The van der Waals surface area contributed by atoms with Crippen molar-refractivity contribution in [2.45, 2.75) is 51.7 Å². The first kappa shape index (κ1) is 16.2. The summed E-state index contributed by atoms with van der Waals surface area (Å²) in [6, 6.07) is 0.343. The zero-order valence-corrected chi connectivity index (χ0v) is 16.9. The Kier molecular flexibility index (Phi) is 4.14. The third-order valence-electron chi connectivity index (χ3n) is 7.14. The predicted molar refractivity (Wildman–Crippen MR) is 97.9 cm³/mol. The van der Waals surface area contributed by atoms with Gasteiger partial charge in [-0.25, -0.2) is 0 Å². The number of amidine groups is 1. The van der Waals surface area contributed by atoms with Crippen LogP contribution in [0, 0.1) is 23.2 Å². The summed E-state index contributed by atoms with van der Waals surface area (Å²) in [4.78, 5) is 9.75. The van der Waals surface area contributed by atoms with Crippen LogP contribution in [0.1, 0.15) is 39.5 Å². The molecular weight excluding hydrogens is 347 g/mol. The summed E-state index contributed by atoms with van der Waals surface area (Å²) in [6.07, 6.45) is 10.1. The molecule has 0 aromatic heterocycles. The van der Waals surface area contributed by atoms with Crippen molar-refractivity contribution in [3.05, 3.63) is 12.3 Å². The number of likely N-dealkylation sites (tertiary alicyclic amines) is 1. The van der Waals surface area contributed by atoms with Gasteiger partial charge in [0.1, 0.15) is 0 Å². The molecule has 2 aliphatic heterocycles. The molecule has 3 aliphatic carbocycles. The molecule has 0 aromatic rings. The molecule has 5 unspecified atom stereocenters. The number of aliphatic imine (C=N–C) groups is 1. The fourth-order valence-electron chi connectivity index (χ4n) is 5.52. The minimum atomic E-state index is 0.343. The molecule has 5 heteroatoms. The van der Waals surface area contributed by atoms with Gasteiger partial charge in [-0.2, -0.15) is 0 Å². The summed E-state index contributed by atoms with van der Waals surface area (Å²) in [7, 11) is 0. The molecule has 0 spiro atoms. The van der Waals surface area contributed by atoms with Crippen LogP contribution in [-0.4, -0.2) is 63.1 Å². The zero-order valence-electron chi connectivity index (χ0n) is 14.5. The SMILES string of the molecule is CC1(C)C2CCC(CN3C([AsH2])=NC=CC3N3CC[C@@H](N)C3)C1C2. The average Bonchev–Trinajstić information content (AvgIpc) is 2.95. The van der Waals surface area contributed by atoms with Crippen molar-refractivity contribution in [2.75, 3.05) is 19.6 Å². The first-order chi connectivity index (χ1) is 11.0. The Labute approximate surface area is 149 Å². The Morgan fingerprint density at radius 2 is 2.17 bits per heavy atom. The van der Waals surface area contributed by atoms with Gasteiger partial charge in [-0.3, -0.25) is 0 Å². The number of nitrogens with zero attached hydrogens (tertiary/aromatic N) is 3. The number of nitrogens with two attached hydrogens (primary N) is 1. The van der Waals surface area contributed by atoms with Gasteiger partial charge in [0.25, 0.3) is 0 Å². The molecule has 4 fully saturated rings. The standard InChI is InChI=1S/C18H31AsN4/c1-18(2)13-4-3-12(15(18)9-13)10-23-16(5-7-21-17(23)19)22-8-6-14(20)11-22/h5,7,12-16H,3-4,6,8-11,19-20H2,1-2H3/t12?,13?,14-,15?,16?/m1/s1. The number of fused-ring (bicyclic) bond motifs is 2. The molecular formula is C18H31AsN4. The van der Waals surface area contributed by atoms with Crippen LogP contribution in [0.4, 0.5) is 0 Å². The van der Waals surface area contributed by atoms with Crippen LogP contribution in [0.2, 0.25) is 0 Å². The molecule has 4 nitrogen and oxygen atoms in total. The van der Waals surface area contributed by atoms with Crippen LogP contribution < -0.4 is 5.73 Å². The van der Waals surface area contributed by atoms with Gasteiger partial charge in [0.15, 0.2) is 0 Å². The molecule has 6 atom stereocenters. The number of rotatable bonds is 3. The third-order valence-corrected chi connectivity index (χ3v) is 8.15. The van der Waals surface area contributed by atoms with Crippen LogP contribution in [0.15, 0.2) is 17.3 Å². The van der Waals surface area contributed by atoms with Gasteiger partial charge in [0, 0.05) is 0 Å². The van der Waals surface area contributed by atoms with Crippen molar-refractivity contribution in [3.8, 4) is 0 Å². The van der Waals surface area contributed by atoms with Crippen LogP contribution in [0.5, 0.6) is 0 Å². The molecule has 2 N–H and O–H groups in total. The second-order valence-electron chi connectivity index (χ2n) is 8.64. The van der Waals surface area contributed by atoms with E-state index in [0.717, 1.165) is 37.3 Å². The van der Waals surface area contributed by atoms with E-state index in [1.54, 1.807) is 16.9 Å². The molecule has 0 aromatic carbocycles. The molecule has 23 heavy (non-hydrogen) atoms. The van der Waals surface area contributed by atoms with Gasteiger partial charge >= 0.3 is 149 Å². The Bertz CT molecular complexity index is 527. The van der Waals surface area contributed by atoms with Crippen molar-refractivity contribution < 1.29 is 0 Å². The van der Waals surface area contributed by atoms with E-state index in [1.807, 2.05) is 6.20 Å². The van der Waals surface area contributed by atoms with Crippen molar-refractivity contribution >= 4 is 21.5 Å². The molecule has 2 bridgehead atoms. The third kappa shape index (κ3) is 2.71. The second-order valence-corrected chi connectivity index (χ2v) is 9.72. The minimum absolute atomic E-state index is 0.343. The maximum atomic E-state index is 6.15. The number of hydrogen-bond acceptors (Lipinski definition) is 4. The topological polar surface area (TPSA) is 44.9 Å². The molecule has 5 rings (SSSR count). The summed E-state index contributed by atoms with van der Waals surface area (Å²) >= 11 is 1.66. The van der Waals surface area contributed by atoms with Gasteiger partial charge in [0.05, 0.1) is 0 Å².